The highest BCUT2D eigenvalue weighted by Crippen LogP contribution is 2.44. The van der Waals surface area contributed by atoms with Crippen molar-refractivity contribution in [1.82, 2.24) is 0 Å². The number of carbonyl (C=O) groups is 2. The number of anilines is 1. The fraction of sp³-hybridized carbons (Fsp3) is 0.407. The monoisotopic (exact) mass is 435 g/mol. The zero-order valence-corrected chi connectivity index (χ0v) is 20.0. The van der Waals surface area contributed by atoms with Gasteiger partial charge in [0.2, 0.25) is 0 Å². The molecule has 2 aromatic rings. The van der Waals surface area contributed by atoms with Gasteiger partial charge in [-0.25, -0.2) is 0 Å². The summed E-state index contributed by atoms with van der Waals surface area (Å²) in [6.07, 6.45) is 0. The first-order chi connectivity index (χ1) is 14.9. The maximum atomic E-state index is 13.4. The molecule has 5 heteroatoms. The van der Waals surface area contributed by atoms with E-state index in [0.717, 1.165) is 11.1 Å². The van der Waals surface area contributed by atoms with Gasteiger partial charge in [0.25, 0.3) is 5.91 Å². The molecular weight excluding hydrogens is 402 g/mol. The van der Waals surface area contributed by atoms with Crippen molar-refractivity contribution >= 4 is 17.4 Å². The van der Waals surface area contributed by atoms with Gasteiger partial charge in [0.1, 0.15) is 5.75 Å². The molecule has 0 aliphatic carbocycles. The molecule has 1 unspecified atom stereocenters. The number of nitrogens with zero attached hydrogens (tertiary/aromatic N) is 1. The molecule has 1 aliphatic heterocycles. The van der Waals surface area contributed by atoms with Gasteiger partial charge in [0.15, 0.2) is 11.5 Å². The first-order valence-electron chi connectivity index (χ1n) is 11.0. The van der Waals surface area contributed by atoms with Crippen molar-refractivity contribution in [3.8, 4) is 5.75 Å². The lowest BCUT2D eigenvalue weighted by Crippen LogP contribution is -2.32. The number of ketones is 1. The number of Topliss-reactive ketones (excluding diaryl/α,β-unsaturated/α-hetero) is 1. The molecule has 1 aliphatic rings. The molecular formula is C27H33NO4. The number of hydrogen-bond donors (Lipinski definition) is 1. The summed E-state index contributed by atoms with van der Waals surface area (Å²) in [5, 5.41) is 10.8. The van der Waals surface area contributed by atoms with E-state index in [2.05, 4.69) is 20.8 Å². The van der Waals surface area contributed by atoms with Gasteiger partial charge in [-0.15, -0.1) is 0 Å². The normalized spacial score (nSPS) is 17.2. The second kappa shape index (κ2) is 8.45. The smallest absolute Gasteiger partial charge is 0.294 e. The lowest BCUT2D eigenvalue weighted by molar-refractivity contribution is -0.123. The molecule has 1 amide bonds. The Labute approximate surface area is 190 Å². The van der Waals surface area contributed by atoms with Crippen LogP contribution in [0.2, 0.25) is 0 Å². The Balaban J connectivity index is 2.18. The van der Waals surface area contributed by atoms with Crippen LogP contribution in [0.25, 0.3) is 0 Å². The van der Waals surface area contributed by atoms with E-state index >= 15 is 0 Å². The van der Waals surface area contributed by atoms with Gasteiger partial charge in [0, 0.05) is 17.2 Å². The Morgan fingerprint density at radius 3 is 2.19 bits per heavy atom. The summed E-state index contributed by atoms with van der Waals surface area (Å²) in [5.74, 6) is -0.709. The second-order valence-electron chi connectivity index (χ2n) is 10.2. The van der Waals surface area contributed by atoms with Gasteiger partial charge >= 0.3 is 0 Å². The summed E-state index contributed by atoms with van der Waals surface area (Å²) in [6.45, 7) is 14.1. The molecule has 3 rings (SSSR count). The maximum Gasteiger partial charge on any atom is 0.294 e. The molecule has 0 aromatic heterocycles. The minimum Gasteiger partial charge on any atom is -0.503 e. The predicted molar refractivity (Wildman–Crippen MR) is 127 cm³/mol. The molecule has 2 aromatic carbocycles. The minimum atomic E-state index is -0.754. The number of carbonyl (C=O) groups excluding carboxylic acids is 2. The number of benzene rings is 2. The van der Waals surface area contributed by atoms with Crippen molar-refractivity contribution in [3.63, 3.8) is 0 Å². The van der Waals surface area contributed by atoms with E-state index in [1.54, 1.807) is 39.0 Å². The molecule has 1 N–H and O–H groups in total. The number of rotatable bonds is 5. The standard InChI is InChI=1S/C27H33NO4/c1-8-32-20-11-9-10-19(16-20)28-22(17-12-14-18(15-13-17)26(2,3)4)21(23(29)25(28)31)24(30)27(5,6)7/h9-16,22,29H,8H2,1-7H3. The molecule has 1 atom stereocenters. The Morgan fingerprint density at radius 2 is 1.66 bits per heavy atom. The van der Waals surface area contributed by atoms with Gasteiger partial charge in [-0.3, -0.25) is 14.5 Å². The predicted octanol–water partition coefficient (Wildman–Crippen LogP) is 5.90. The molecule has 5 nitrogen and oxygen atoms in total. The maximum absolute atomic E-state index is 13.4. The third kappa shape index (κ3) is 4.43. The van der Waals surface area contributed by atoms with E-state index < -0.39 is 23.1 Å². The lowest BCUT2D eigenvalue weighted by atomic mass is 9.81. The van der Waals surface area contributed by atoms with E-state index in [9.17, 15) is 14.7 Å². The first-order valence-corrected chi connectivity index (χ1v) is 11.0. The molecule has 32 heavy (non-hydrogen) atoms. The number of hydrogen-bond acceptors (Lipinski definition) is 4. The van der Waals surface area contributed by atoms with Crippen molar-refractivity contribution in [1.29, 1.82) is 0 Å². The highest BCUT2D eigenvalue weighted by Gasteiger charge is 2.46. The van der Waals surface area contributed by atoms with Crippen molar-refractivity contribution < 1.29 is 19.4 Å². The molecule has 0 spiro atoms. The van der Waals surface area contributed by atoms with Crippen LogP contribution in [0.4, 0.5) is 5.69 Å². The van der Waals surface area contributed by atoms with Gasteiger partial charge in [0.05, 0.1) is 18.2 Å². The van der Waals surface area contributed by atoms with Crippen LogP contribution in [0.15, 0.2) is 59.9 Å². The summed E-state index contributed by atoms with van der Waals surface area (Å²) in [5.41, 5.74) is 1.83. The summed E-state index contributed by atoms with van der Waals surface area (Å²) in [4.78, 5) is 28.1. The van der Waals surface area contributed by atoms with Crippen LogP contribution in [-0.2, 0) is 15.0 Å². The number of aliphatic hydroxyl groups excluding tert-OH is 1. The van der Waals surface area contributed by atoms with Crippen LogP contribution < -0.4 is 9.64 Å². The largest absolute Gasteiger partial charge is 0.503 e. The molecule has 1 heterocycles. The van der Waals surface area contributed by atoms with Crippen molar-refractivity contribution in [3.05, 3.63) is 71.0 Å². The van der Waals surface area contributed by atoms with Gasteiger partial charge < -0.3 is 9.84 Å². The van der Waals surface area contributed by atoms with E-state index in [4.69, 9.17) is 4.74 Å². The number of aliphatic hydroxyl groups is 1. The van der Waals surface area contributed by atoms with Crippen molar-refractivity contribution in [2.45, 2.75) is 59.9 Å². The fourth-order valence-electron chi connectivity index (χ4n) is 3.88. The van der Waals surface area contributed by atoms with Crippen LogP contribution >= 0.6 is 0 Å². The summed E-state index contributed by atoms with van der Waals surface area (Å²) >= 11 is 0. The summed E-state index contributed by atoms with van der Waals surface area (Å²) in [6, 6.07) is 14.3. The van der Waals surface area contributed by atoms with E-state index in [0.29, 0.717) is 18.0 Å². The Morgan fingerprint density at radius 1 is 1.03 bits per heavy atom. The SMILES string of the molecule is CCOc1cccc(N2C(=O)C(O)=C(C(=O)C(C)(C)C)C2c2ccc(C(C)(C)C)cc2)c1. The summed E-state index contributed by atoms with van der Waals surface area (Å²) in [7, 11) is 0. The van der Waals surface area contributed by atoms with Crippen LogP contribution in [-0.4, -0.2) is 23.4 Å². The zero-order chi connectivity index (χ0) is 23.8. The molecule has 0 bridgehead atoms. The number of amides is 1. The highest BCUT2D eigenvalue weighted by atomic mass is 16.5. The Hall–Kier alpha value is -3.08. The average molecular weight is 436 g/mol. The van der Waals surface area contributed by atoms with Crippen LogP contribution in [0.5, 0.6) is 5.75 Å². The number of ether oxygens (including phenoxy) is 1. The Bertz CT molecular complexity index is 1050. The quantitative estimate of drug-likeness (QED) is 0.635. The van der Waals surface area contributed by atoms with Crippen LogP contribution in [0.1, 0.15) is 65.6 Å². The van der Waals surface area contributed by atoms with Gasteiger partial charge in [-0.1, -0.05) is 71.9 Å². The van der Waals surface area contributed by atoms with E-state index in [1.807, 2.05) is 37.3 Å². The van der Waals surface area contributed by atoms with E-state index in [-0.39, 0.29) is 16.8 Å². The fourth-order valence-corrected chi connectivity index (χ4v) is 3.88. The lowest BCUT2D eigenvalue weighted by Gasteiger charge is -2.29. The zero-order valence-electron chi connectivity index (χ0n) is 20.0. The van der Waals surface area contributed by atoms with Gasteiger partial charge in [-0.05, 0) is 35.6 Å². The van der Waals surface area contributed by atoms with Crippen LogP contribution in [0, 0.1) is 5.41 Å². The third-order valence-electron chi connectivity index (χ3n) is 5.63. The van der Waals surface area contributed by atoms with Crippen molar-refractivity contribution in [2.24, 2.45) is 5.41 Å². The Kier molecular flexibility index (Phi) is 6.23. The first kappa shape index (κ1) is 23.6. The summed E-state index contributed by atoms with van der Waals surface area (Å²) < 4.78 is 5.61. The molecule has 0 radical (unpaired) electrons. The molecule has 0 saturated heterocycles. The topological polar surface area (TPSA) is 66.8 Å². The van der Waals surface area contributed by atoms with E-state index in [1.165, 1.54) is 4.90 Å². The van der Waals surface area contributed by atoms with Gasteiger partial charge in [-0.2, -0.15) is 0 Å². The van der Waals surface area contributed by atoms with Crippen LogP contribution in [0.3, 0.4) is 0 Å². The molecule has 0 fully saturated rings. The minimum absolute atomic E-state index is 0.0302. The average Bonchev–Trinajstić information content (AvgIpc) is 2.97. The highest BCUT2D eigenvalue weighted by molar-refractivity contribution is 6.17. The van der Waals surface area contributed by atoms with Crippen molar-refractivity contribution in [2.75, 3.05) is 11.5 Å². The third-order valence-corrected chi connectivity index (χ3v) is 5.63. The molecule has 170 valence electrons. The second-order valence-corrected chi connectivity index (χ2v) is 10.2. The molecule has 0 saturated carbocycles.